The van der Waals surface area contributed by atoms with Crippen molar-refractivity contribution < 1.29 is 9.53 Å². The van der Waals surface area contributed by atoms with E-state index in [4.69, 9.17) is 23.2 Å². The van der Waals surface area contributed by atoms with E-state index in [9.17, 15) is 4.79 Å². The van der Waals surface area contributed by atoms with Crippen LogP contribution in [0, 0.1) is 11.3 Å². The number of methoxy groups -OCH3 is 1. The lowest BCUT2D eigenvalue weighted by molar-refractivity contribution is 0.171. The number of amides is 1. The Balaban J connectivity index is 2.23. The highest BCUT2D eigenvalue weighted by Gasteiger charge is 2.40. The van der Waals surface area contributed by atoms with E-state index in [2.05, 4.69) is 36.9 Å². The van der Waals surface area contributed by atoms with Crippen LogP contribution >= 0.6 is 23.2 Å². The lowest BCUT2D eigenvalue weighted by Gasteiger charge is -2.32. The van der Waals surface area contributed by atoms with E-state index in [1.807, 2.05) is 6.07 Å². The van der Waals surface area contributed by atoms with Crippen LogP contribution in [0.2, 0.25) is 10.0 Å². The second-order valence-electron chi connectivity index (χ2n) is 7.33. The molecule has 0 heterocycles. The molecule has 0 spiro atoms. The highest BCUT2D eigenvalue weighted by atomic mass is 35.5. The van der Waals surface area contributed by atoms with Crippen molar-refractivity contribution in [1.82, 2.24) is 5.32 Å². The van der Waals surface area contributed by atoms with Gasteiger partial charge in [0.1, 0.15) is 0 Å². The van der Waals surface area contributed by atoms with Crippen molar-refractivity contribution in [2.45, 2.75) is 46.0 Å². The van der Waals surface area contributed by atoms with Crippen molar-refractivity contribution in [3.05, 3.63) is 33.3 Å². The molecular formula is C18H25Cl2NO2. The quantitative estimate of drug-likeness (QED) is 0.762. The lowest BCUT2D eigenvalue weighted by Crippen LogP contribution is -2.25. The number of hydrogen-bond acceptors (Lipinski definition) is 2. The maximum Gasteiger partial charge on any atom is 0.406 e. The van der Waals surface area contributed by atoms with Gasteiger partial charge in [0, 0.05) is 6.54 Å². The summed E-state index contributed by atoms with van der Waals surface area (Å²) in [5.41, 5.74) is 2.36. The van der Waals surface area contributed by atoms with Crippen LogP contribution < -0.4 is 5.32 Å². The third kappa shape index (κ3) is 4.77. The Morgan fingerprint density at radius 3 is 2.52 bits per heavy atom. The van der Waals surface area contributed by atoms with Crippen LogP contribution in [0.15, 0.2) is 12.1 Å². The van der Waals surface area contributed by atoms with Gasteiger partial charge in [0.25, 0.3) is 0 Å². The molecule has 1 fully saturated rings. The Hall–Kier alpha value is -0.930. The van der Waals surface area contributed by atoms with Crippen LogP contribution in [0.25, 0.3) is 0 Å². The Morgan fingerprint density at radius 2 is 2.00 bits per heavy atom. The molecule has 128 valence electrons. The summed E-state index contributed by atoms with van der Waals surface area (Å²) in [5, 5.41) is 3.95. The third-order valence-corrected chi connectivity index (χ3v) is 5.16. The number of hydrogen-bond donors (Lipinski definition) is 1. The van der Waals surface area contributed by atoms with Crippen LogP contribution in [0.5, 0.6) is 0 Å². The number of benzene rings is 1. The van der Waals surface area contributed by atoms with E-state index in [0.717, 1.165) is 11.1 Å². The zero-order valence-corrected chi connectivity index (χ0v) is 15.7. The Bertz CT molecular complexity index is 577. The number of halogens is 2. The standard InChI is InChI=1S/C18H25Cl2NO2/c1-18(2,3)15(12-5-6-12)13-9-11(10-14(19)16(13)20)7-8-21-17(22)23-4/h9-10,12,15H,5-8H2,1-4H3,(H,21,22). The van der Waals surface area contributed by atoms with Gasteiger partial charge in [-0.2, -0.15) is 0 Å². The first-order valence-electron chi connectivity index (χ1n) is 8.03. The number of carbonyl (C=O) groups is 1. The molecule has 0 saturated heterocycles. The van der Waals surface area contributed by atoms with Crippen LogP contribution in [-0.4, -0.2) is 19.7 Å². The summed E-state index contributed by atoms with van der Waals surface area (Å²) in [6.45, 7) is 7.27. The van der Waals surface area contributed by atoms with Gasteiger partial charge in [0.05, 0.1) is 17.2 Å². The largest absolute Gasteiger partial charge is 0.453 e. The summed E-state index contributed by atoms with van der Waals surface area (Å²) in [4.78, 5) is 11.1. The molecule has 2 rings (SSSR count). The van der Waals surface area contributed by atoms with Crippen LogP contribution in [-0.2, 0) is 11.2 Å². The minimum absolute atomic E-state index is 0.136. The molecule has 1 N–H and O–H groups in total. The van der Waals surface area contributed by atoms with Gasteiger partial charge in [-0.05, 0) is 53.7 Å². The molecule has 0 bridgehead atoms. The lowest BCUT2D eigenvalue weighted by atomic mass is 9.73. The minimum atomic E-state index is -0.421. The summed E-state index contributed by atoms with van der Waals surface area (Å²) in [6, 6.07) is 4.04. The Labute approximate surface area is 148 Å². The van der Waals surface area contributed by atoms with Gasteiger partial charge >= 0.3 is 6.09 Å². The zero-order valence-electron chi connectivity index (χ0n) is 14.2. The highest BCUT2D eigenvalue weighted by Crippen LogP contribution is 2.53. The summed E-state index contributed by atoms with van der Waals surface area (Å²) in [7, 11) is 1.36. The van der Waals surface area contributed by atoms with Gasteiger partial charge in [-0.15, -0.1) is 0 Å². The van der Waals surface area contributed by atoms with Crippen molar-refractivity contribution in [2.24, 2.45) is 11.3 Å². The molecule has 0 aromatic heterocycles. The molecule has 1 aliphatic carbocycles. The summed E-state index contributed by atoms with van der Waals surface area (Å²) in [5.74, 6) is 1.09. The topological polar surface area (TPSA) is 38.3 Å². The van der Waals surface area contributed by atoms with Crippen molar-refractivity contribution in [3.8, 4) is 0 Å². The molecule has 1 aromatic carbocycles. The molecule has 1 saturated carbocycles. The maximum absolute atomic E-state index is 11.1. The van der Waals surface area contributed by atoms with Crippen LogP contribution in [0.1, 0.15) is 50.7 Å². The molecule has 1 atom stereocenters. The van der Waals surface area contributed by atoms with Crippen molar-refractivity contribution in [3.63, 3.8) is 0 Å². The number of alkyl carbamates (subject to hydrolysis) is 1. The second kappa shape index (κ2) is 7.31. The van der Waals surface area contributed by atoms with E-state index >= 15 is 0 Å². The molecule has 0 radical (unpaired) electrons. The van der Waals surface area contributed by atoms with Gasteiger partial charge in [0.2, 0.25) is 0 Å². The first-order chi connectivity index (χ1) is 10.7. The average Bonchev–Trinajstić information content (AvgIpc) is 3.27. The third-order valence-electron chi connectivity index (χ3n) is 4.35. The van der Waals surface area contributed by atoms with E-state index in [0.29, 0.717) is 34.8 Å². The van der Waals surface area contributed by atoms with Gasteiger partial charge in [-0.3, -0.25) is 0 Å². The van der Waals surface area contributed by atoms with Crippen LogP contribution in [0.3, 0.4) is 0 Å². The van der Waals surface area contributed by atoms with E-state index < -0.39 is 6.09 Å². The molecule has 1 amide bonds. The summed E-state index contributed by atoms with van der Waals surface area (Å²) >= 11 is 12.9. The fourth-order valence-corrected chi connectivity index (χ4v) is 3.75. The summed E-state index contributed by atoms with van der Waals surface area (Å²) in [6.07, 6.45) is 2.78. The van der Waals surface area contributed by atoms with Crippen molar-refractivity contribution in [1.29, 1.82) is 0 Å². The maximum atomic E-state index is 11.1. The number of ether oxygens (including phenoxy) is 1. The monoisotopic (exact) mass is 357 g/mol. The first kappa shape index (κ1) is 18.4. The predicted octanol–water partition coefficient (Wildman–Crippen LogP) is 5.43. The normalized spacial score (nSPS) is 16.1. The Kier molecular flexibility index (Phi) is 5.85. The number of carbonyl (C=O) groups excluding carboxylic acids is 1. The first-order valence-corrected chi connectivity index (χ1v) is 8.79. The molecular weight excluding hydrogens is 333 g/mol. The molecule has 3 nitrogen and oxygen atoms in total. The molecule has 23 heavy (non-hydrogen) atoms. The van der Waals surface area contributed by atoms with E-state index in [1.54, 1.807) is 0 Å². The van der Waals surface area contributed by atoms with Gasteiger partial charge in [-0.1, -0.05) is 50.0 Å². The van der Waals surface area contributed by atoms with E-state index in [1.165, 1.54) is 20.0 Å². The van der Waals surface area contributed by atoms with Gasteiger partial charge in [0.15, 0.2) is 0 Å². The van der Waals surface area contributed by atoms with Crippen molar-refractivity contribution >= 4 is 29.3 Å². The second-order valence-corrected chi connectivity index (χ2v) is 8.12. The average molecular weight is 358 g/mol. The molecule has 0 aliphatic heterocycles. The smallest absolute Gasteiger partial charge is 0.406 e. The fraction of sp³-hybridized carbons (Fsp3) is 0.611. The number of nitrogens with one attached hydrogen (secondary N) is 1. The summed E-state index contributed by atoms with van der Waals surface area (Å²) < 4.78 is 4.58. The zero-order chi connectivity index (χ0) is 17.2. The van der Waals surface area contributed by atoms with Gasteiger partial charge < -0.3 is 10.1 Å². The van der Waals surface area contributed by atoms with Crippen LogP contribution in [0.4, 0.5) is 4.79 Å². The molecule has 1 unspecified atom stereocenters. The molecule has 1 aliphatic rings. The highest BCUT2D eigenvalue weighted by molar-refractivity contribution is 6.42. The van der Waals surface area contributed by atoms with E-state index in [-0.39, 0.29) is 5.41 Å². The SMILES string of the molecule is COC(=O)NCCc1cc(Cl)c(Cl)c(C(C2CC2)C(C)(C)C)c1. The van der Waals surface area contributed by atoms with Gasteiger partial charge in [-0.25, -0.2) is 4.79 Å². The number of rotatable bonds is 5. The molecule has 1 aromatic rings. The van der Waals surface area contributed by atoms with Crippen molar-refractivity contribution in [2.75, 3.05) is 13.7 Å². The predicted molar refractivity (Wildman–Crippen MR) is 95.5 cm³/mol. The Morgan fingerprint density at radius 1 is 1.35 bits per heavy atom. The molecule has 5 heteroatoms. The fourth-order valence-electron chi connectivity index (χ4n) is 3.28. The minimum Gasteiger partial charge on any atom is -0.453 e.